The van der Waals surface area contributed by atoms with Gasteiger partial charge in [-0.1, -0.05) is 16.8 Å². The van der Waals surface area contributed by atoms with Gasteiger partial charge in [0.2, 0.25) is 0 Å². The van der Waals surface area contributed by atoms with Crippen LogP contribution in [0.15, 0.2) is 16.7 Å². The van der Waals surface area contributed by atoms with E-state index in [0.717, 1.165) is 36.2 Å². The molecule has 1 aromatic heterocycles. The summed E-state index contributed by atoms with van der Waals surface area (Å²) < 4.78 is 31.9. The van der Waals surface area contributed by atoms with Crippen molar-refractivity contribution in [3.05, 3.63) is 51.4 Å². The van der Waals surface area contributed by atoms with E-state index in [1.165, 1.54) is 0 Å². The third-order valence-electron chi connectivity index (χ3n) is 4.18. The summed E-state index contributed by atoms with van der Waals surface area (Å²) in [4.78, 5) is 14.4. The first-order valence-electron chi connectivity index (χ1n) is 7.28. The van der Waals surface area contributed by atoms with Gasteiger partial charge in [-0.3, -0.25) is 4.79 Å². The highest BCUT2D eigenvalue weighted by Gasteiger charge is 2.35. The van der Waals surface area contributed by atoms with Crippen molar-refractivity contribution >= 4 is 17.5 Å². The molecule has 0 aliphatic carbocycles. The zero-order chi connectivity index (χ0) is 16.7. The lowest BCUT2D eigenvalue weighted by Gasteiger charge is -2.25. The van der Waals surface area contributed by atoms with Crippen LogP contribution < -0.4 is 0 Å². The fourth-order valence-corrected chi connectivity index (χ4v) is 3.35. The lowest BCUT2D eigenvalue weighted by molar-refractivity contribution is 0.0734. The molecule has 7 heteroatoms. The fraction of sp³-hybridized carbons (Fsp3) is 0.375. The Bertz CT molecular complexity index is 756. The molecule has 1 aliphatic rings. The Labute approximate surface area is 137 Å². The molecule has 0 spiro atoms. The van der Waals surface area contributed by atoms with Crippen molar-refractivity contribution in [1.82, 2.24) is 10.1 Å². The SMILES string of the molecule is Cc1noc(C)c1[C@@H]1CCCN1C(=O)c1cc(F)c(F)cc1Cl. The van der Waals surface area contributed by atoms with Crippen molar-refractivity contribution in [2.45, 2.75) is 32.7 Å². The van der Waals surface area contributed by atoms with Gasteiger partial charge < -0.3 is 9.42 Å². The van der Waals surface area contributed by atoms with Crippen molar-refractivity contribution in [2.24, 2.45) is 0 Å². The minimum absolute atomic E-state index is 0.0378. The van der Waals surface area contributed by atoms with Gasteiger partial charge in [-0.15, -0.1) is 0 Å². The maximum Gasteiger partial charge on any atom is 0.255 e. The van der Waals surface area contributed by atoms with Crippen molar-refractivity contribution in [3.8, 4) is 0 Å². The highest BCUT2D eigenvalue weighted by Crippen LogP contribution is 2.37. The van der Waals surface area contributed by atoms with Crippen LogP contribution in [0.4, 0.5) is 8.78 Å². The van der Waals surface area contributed by atoms with Gasteiger partial charge in [0.25, 0.3) is 5.91 Å². The molecule has 3 rings (SSSR count). The molecule has 0 bridgehead atoms. The van der Waals surface area contributed by atoms with E-state index in [9.17, 15) is 13.6 Å². The van der Waals surface area contributed by atoms with Gasteiger partial charge in [0, 0.05) is 12.1 Å². The number of carbonyl (C=O) groups is 1. The van der Waals surface area contributed by atoms with Crippen LogP contribution in [-0.4, -0.2) is 22.5 Å². The van der Waals surface area contributed by atoms with E-state index in [1.807, 2.05) is 6.92 Å². The number of aryl methyl sites for hydroxylation is 2. The number of likely N-dealkylation sites (tertiary alicyclic amines) is 1. The van der Waals surface area contributed by atoms with Crippen LogP contribution in [-0.2, 0) is 0 Å². The number of amides is 1. The summed E-state index contributed by atoms with van der Waals surface area (Å²) in [6, 6.07) is 1.48. The summed E-state index contributed by atoms with van der Waals surface area (Å²) in [7, 11) is 0. The molecule has 2 heterocycles. The Morgan fingerprint density at radius 1 is 1.35 bits per heavy atom. The van der Waals surface area contributed by atoms with Crippen LogP contribution in [0.25, 0.3) is 0 Å². The molecule has 1 aromatic carbocycles. The number of carbonyl (C=O) groups excluding carboxylic acids is 1. The smallest absolute Gasteiger partial charge is 0.255 e. The average molecular weight is 341 g/mol. The molecule has 2 aromatic rings. The van der Waals surface area contributed by atoms with Crippen LogP contribution in [0.1, 0.15) is 46.3 Å². The van der Waals surface area contributed by atoms with E-state index in [1.54, 1.807) is 11.8 Å². The Balaban J connectivity index is 1.97. The molecule has 0 N–H and O–H groups in total. The van der Waals surface area contributed by atoms with E-state index in [4.69, 9.17) is 16.1 Å². The number of nitrogens with zero attached hydrogens (tertiary/aromatic N) is 2. The van der Waals surface area contributed by atoms with Crippen LogP contribution in [0.5, 0.6) is 0 Å². The molecular formula is C16H15ClF2N2O2. The van der Waals surface area contributed by atoms with E-state index >= 15 is 0 Å². The molecule has 0 radical (unpaired) electrons. The topological polar surface area (TPSA) is 46.3 Å². The number of benzene rings is 1. The van der Waals surface area contributed by atoms with Gasteiger partial charge in [-0.25, -0.2) is 8.78 Å². The molecule has 1 saturated heterocycles. The number of hydrogen-bond donors (Lipinski definition) is 0. The molecule has 122 valence electrons. The number of hydrogen-bond acceptors (Lipinski definition) is 3. The second kappa shape index (κ2) is 5.92. The van der Waals surface area contributed by atoms with Crippen molar-refractivity contribution in [1.29, 1.82) is 0 Å². The van der Waals surface area contributed by atoms with Gasteiger partial charge in [-0.2, -0.15) is 0 Å². The largest absolute Gasteiger partial charge is 0.361 e. The molecule has 0 unspecified atom stereocenters. The summed E-state index contributed by atoms with van der Waals surface area (Å²) in [6.45, 7) is 4.13. The molecular weight excluding hydrogens is 326 g/mol. The summed E-state index contributed by atoms with van der Waals surface area (Å²) in [5.74, 6) is -1.93. The van der Waals surface area contributed by atoms with Gasteiger partial charge in [-0.05, 0) is 38.8 Å². The van der Waals surface area contributed by atoms with E-state index in [-0.39, 0.29) is 16.6 Å². The zero-order valence-corrected chi connectivity index (χ0v) is 13.5. The third-order valence-corrected chi connectivity index (χ3v) is 4.49. The standard InChI is InChI=1S/C16H15ClF2N2O2/c1-8-15(9(2)23-20-8)14-4-3-5-21(14)16(22)10-6-12(18)13(19)7-11(10)17/h6-7,14H,3-5H2,1-2H3/t14-/m0/s1. The number of aromatic nitrogens is 1. The van der Waals surface area contributed by atoms with Gasteiger partial charge in [0.1, 0.15) is 5.76 Å². The average Bonchev–Trinajstić information content (AvgIpc) is 3.09. The summed E-state index contributed by atoms with van der Waals surface area (Å²) >= 11 is 5.92. The molecule has 4 nitrogen and oxygen atoms in total. The maximum absolute atomic E-state index is 13.5. The second-order valence-electron chi connectivity index (χ2n) is 5.64. The number of rotatable bonds is 2. The van der Waals surface area contributed by atoms with E-state index in [0.29, 0.717) is 12.3 Å². The van der Waals surface area contributed by atoms with Gasteiger partial charge in [0.05, 0.1) is 22.3 Å². The van der Waals surface area contributed by atoms with Crippen molar-refractivity contribution < 1.29 is 18.1 Å². The molecule has 1 fully saturated rings. The van der Waals surface area contributed by atoms with E-state index in [2.05, 4.69) is 5.16 Å². The van der Waals surface area contributed by atoms with Crippen molar-refractivity contribution in [3.63, 3.8) is 0 Å². The minimum Gasteiger partial charge on any atom is -0.361 e. The van der Waals surface area contributed by atoms with Gasteiger partial charge >= 0.3 is 0 Å². The first-order valence-corrected chi connectivity index (χ1v) is 7.66. The van der Waals surface area contributed by atoms with Crippen molar-refractivity contribution in [2.75, 3.05) is 6.54 Å². The monoisotopic (exact) mass is 340 g/mol. The summed E-state index contributed by atoms with van der Waals surface area (Å²) in [5.41, 5.74) is 1.56. The molecule has 1 atom stereocenters. The Kier molecular flexibility index (Phi) is 4.10. The molecule has 1 aliphatic heterocycles. The summed E-state index contributed by atoms with van der Waals surface area (Å²) in [6.07, 6.45) is 1.57. The first-order chi connectivity index (χ1) is 10.9. The quantitative estimate of drug-likeness (QED) is 0.770. The Morgan fingerprint density at radius 3 is 2.70 bits per heavy atom. The highest BCUT2D eigenvalue weighted by molar-refractivity contribution is 6.33. The molecule has 23 heavy (non-hydrogen) atoms. The minimum atomic E-state index is -1.09. The maximum atomic E-state index is 13.5. The van der Waals surface area contributed by atoms with E-state index < -0.39 is 17.5 Å². The van der Waals surface area contributed by atoms with Crippen LogP contribution in [0, 0.1) is 25.5 Å². The third kappa shape index (κ3) is 2.72. The highest BCUT2D eigenvalue weighted by atomic mass is 35.5. The normalized spacial score (nSPS) is 17.8. The predicted molar refractivity (Wildman–Crippen MR) is 80.4 cm³/mol. The zero-order valence-electron chi connectivity index (χ0n) is 12.7. The number of halogens is 3. The summed E-state index contributed by atoms with van der Waals surface area (Å²) in [5, 5.41) is 3.82. The lowest BCUT2D eigenvalue weighted by atomic mass is 10.0. The van der Waals surface area contributed by atoms with Gasteiger partial charge in [0.15, 0.2) is 11.6 Å². The van der Waals surface area contributed by atoms with Crippen LogP contribution in [0.2, 0.25) is 5.02 Å². The first kappa shape index (κ1) is 15.9. The molecule has 1 amide bonds. The Morgan fingerprint density at radius 2 is 2.04 bits per heavy atom. The predicted octanol–water partition coefficient (Wildman–Crippen LogP) is 4.20. The fourth-order valence-electron chi connectivity index (χ4n) is 3.12. The van der Waals surface area contributed by atoms with Crippen LogP contribution in [0.3, 0.4) is 0 Å². The van der Waals surface area contributed by atoms with Crippen LogP contribution >= 0.6 is 11.6 Å². The second-order valence-corrected chi connectivity index (χ2v) is 6.05. The Hall–Kier alpha value is -1.95. The molecule has 0 saturated carbocycles. The lowest BCUT2D eigenvalue weighted by Crippen LogP contribution is -2.31.